The second-order valence-electron chi connectivity index (χ2n) is 8.38. The zero-order chi connectivity index (χ0) is 25.8. The highest BCUT2D eigenvalue weighted by molar-refractivity contribution is 7.89. The van der Waals surface area contributed by atoms with Crippen molar-refractivity contribution in [2.45, 2.75) is 32.2 Å². The molecule has 3 rings (SSSR count). The topological polar surface area (TPSA) is 96.0 Å². The van der Waals surface area contributed by atoms with Gasteiger partial charge in [-0.2, -0.15) is 0 Å². The zero-order valence-corrected chi connectivity index (χ0v) is 20.8. The summed E-state index contributed by atoms with van der Waals surface area (Å²) in [4.78, 5) is 27.7. The van der Waals surface area contributed by atoms with Crippen LogP contribution in [-0.2, 0) is 31.9 Å². The van der Waals surface area contributed by atoms with E-state index >= 15 is 0 Å². The minimum atomic E-state index is -3.96. The fourth-order valence-corrected chi connectivity index (χ4v) is 5.27. The van der Waals surface area contributed by atoms with Crippen LogP contribution < -0.4 is 9.46 Å². The molecule has 1 N–H and O–H groups in total. The van der Waals surface area contributed by atoms with Crippen molar-refractivity contribution in [2.24, 2.45) is 0 Å². The summed E-state index contributed by atoms with van der Waals surface area (Å²) in [6.45, 7) is 4.56. The van der Waals surface area contributed by atoms with E-state index in [9.17, 15) is 26.8 Å². The molecule has 8 nitrogen and oxygen atoms in total. The Bertz CT molecular complexity index is 1210. The van der Waals surface area contributed by atoms with Crippen molar-refractivity contribution in [3.8, 4) is 5.75 Å². The molecule has 0 radical (unpaired) electrons. The fourth-order valence-electron chi connectivity index (χ4n) is 3.93. The molecule has 2 aromatic rings. The number of amides is 2. The lowest BCUT2D eigenvalue weighted by molar-refractivity contribution is -0.138. The summed E-state index contributed by atoms with van der Waals surface area (Å²) in [6.07, 6.45) is 0. The van der Waals surface area contributed by atoms with Crippen LogP contribution in [0.3, 0.4) is 0 Å². The molecule has 0 aromatic heterocycles. The summed E-state index contributed by atoms with van der Waals surface area (Å²) in [6, 6.07) is 8.02. The Hall–Kier alpha value is -2.76. The van der Waals surface area contributed by atoms with Gasteiger partial charge in [-0.25, -0.2) is 17.2 Å². The van der Waals surface area contributed by atoms with E-state index in [2.05, 4.69) is 0 Å². The van der Waals surface area contributed by atoms with Crippen LogP contribution in [0.2, 0.25) is 5.02 Å². The molecule has 0 saturated carbocycles. The lowest BCUT2D eigenvalue weighted by Gasteiger charge is -2.39. The van der Waals surface area contributed by atoms with Crippen LogP contribution in [0.15, 0.2) is 36.4 Å². The second kappa shape index (κ2) is 11.3. The highest BCUT2D eigenvalue weighted by atomic mass is 35.5. The Morgan fingerprint density at radius 1 is 1.14 bits per heavy atom. The minimum Gasteiger partial charge on any atom is -0.483 e. The molecule has 190 valence electrons. The number of hydrogen-bond acceptors (Lipinski definition) is 6. The average molecular weight is 530 g/mol. The molecule has 0 unspecified atom stereocenters. The first kappa shape index (κ1) is 26.8. The zero-order valence-electron chi connectivity index (χ0n) is 19.3. The second-order valence-corrected chi connectivity index (χ2v) is 10.5. The largest absolute Gasteiger partial charge is 0.483 e. The van der Waals surface area contributed by atoms with Crippen LogP contribution in [0.1, 0.15) is 25.0 Å². The summed E-state index contributed by atoms with van der Waals surface area (Å²) < 4.78 is 58.4. The predicted octanol–water partition coefficient (Wildman–Crippen LogP) is 2.70. The summed E-state index contributed by atoms with van der Waals surface area (Å²) in [5.41, 5.74) is 0.854. The Morgan fingerprint density at radius 3 is 2.54 bits per heavy atom. The Labute approximate surface area is 207 Å². The van der Waals surface area contributed by atoms with Crippen molar-refractivity contribution >= 4 is 33.4 Å². The maximum Gasteiger partial charge on any atom is 0.260 e. The monoisotopic (exact) mass is 529 g/mol. The van der Waals surface area contributed by atoms with Gasteiger partial charge in [0, 0.05) is 49.7 Å². The molecule has 1 fully saturated rings. The first-order valence-electron chi connectivity index (χ1n) is 10.8. The number of rotatable bonds is 8. The number of carbonyl (C=O) groups is 2. The summed E-state index contributed by atoms with van der Waals surface area (Å²) >= 11 is 5.99. The van der Waals surface area contributed by atoms with Gasteiger partial charge in [0.1, 0.15) is 5.75 Å². The van der Waals surface area contributed by atoms with E-state index in [1.165, 1.54) is 30.3 Å². The van der Waals surface area contributed by atoms with Gasteiger partial charge < -0.3 is 9.64 Å². The van der Waals surface area contributed by atoms with E-state index in [0.29, 0.717) is 31.7 Å². The van der Waals surface area contributed by atoms with E-state index < -0.39 is 33.3 Å². The fraction of sp³-hybridized carbons (Fsp3) is 0.391. The number of nitrogens with zero attached hydrogens (tertiary/aromatic N) is 2. The number of hydrogen-bond donors (Lipinski definition) is 1. The number of benzene rings is 2. The van der Waals surface area contributed by atoms with Crippen molar-refractivity contribution < 1.29 is 31.5 Å². The van der Waals surface area contributed by atoms with E-state index in [-0.39, 0.29) is 34.9 Å². The van der Waals surface area contributed by atoms with Gasteiger partial charge >= 0.3 is 0 Å². The Balaban J connectivity index is 1.59. The quantitative estimate of drug-likeness (QED) is 0.565. The lowest BCUT2D eigenvalue weighted by Crippen LogP contribution is -2.54. The van der Waals surface area contributed by atoms with Crippen molar-refractivity contribution in [3.63, 3.8) is 0 Å². The molecule has 1 heterocycles. The number of halogens is 3. The summed E-state index contributed by atoms with van der Waals surface area (Å²) in [7, 11) is -3.96. The van der Waals surface area contributed by atoms with Crippen molar-refractivity contribution in [3.05, 3.63) is 64.2 Å². The number of carbonyl (C=O) groups excluding carboxylic acids is 2. The summed E-state index contributed by atoms with van der Waals surface area (Å²) in [5, 5.41) is 0.280. The van der Waals surface area contributed by atoms with Gasteiger partial charge in [-0.1, -0.05) is 17.7 Å². The maximum atomic E-state index is 13.5. The van der Waals surface area contributed by atoms with E-state index in [1.54, 1.807) is 4.90 Å². The van der Waals surface area contributed by atoms with Gasteiger partial charge in [-0.3, -0.25) is 19.2 Å². The normalized spacial score (nSPS) is 16.7. The molecule has 0 aliphatic carbocycles. The molecular weight excluding hydrogens is 504 g/mol. The van der Waals surface area contributed by atoms with Gasteiger partial charge in [-0.05, 0) is 42.8 Å². The summed E-state index contributed by atoms with van der Waals surface area (Å²) in [5.74, 6) is -3.17. The van der Waals surface area contributed by atoms with Crippen molar-refractivity contribution in [1.82, 2.24) is 14.5 Å². The van der Waals surface area contributed by atoms with E-state index in [4.69, 9.17) is 16.3 Å². The highest BCUT2D eigenvalue weighted by Crippen LogP contribution is 2.25. The van der Waals surface area contributed by atoms with Crippen LogP contribution in [0, 0.1) is 11.6 Å². The molecule has 1 saturated heterocycles. The van der Waals surface area contributed by atoms with Crippen LogP contribution in [0.25, 0.3) is 0 Å². The molecule has 1 aliphatic heterocycles. The van der Waals surface area contributed by atoms with Crippen LogP contribution in [0.5, 0.6) is 5.75 Å². The number of sulfonamides is 1. The first-order chi connectivity index (χ1) is 16.4. The first-order valence-corrected chi connectivity index (χ1v) is 12.8. The Morgan fingerprint density at radius 2 is 1.89 bits per heavy atom. The predicted molar refractivity (Wildman–Crippen MR) is 126 cm³/mol. The van der Waals surface area contributed by atoms with Gasteiger partial charge in [0.15, 0.2) is 18.2 Å². The van der Waals surface area contributed by atoms with Gasteiger partial charge in [0.2, 0.25) is 15.9 Å². The Kier molecular flexibility index (Phi) is 8.68. The molecule has 1 aliphatic rings. The number of ether oxygens (including phenoxy) is 1. The number of piperazine rings is 1. The minimum absolute atomic E-state index is 0.157. The van der Waals surface area contributed by atoms with Gasteiger partial charge in [-0.15, -0.1) is 0 Å². The molecule has 0 spiro atoms. The highest BCUT2D eigenvalue weighted by Gasteiger charge is 2.28. The third-order valence-corrected chi connectivity index (χ3v) is 6.97. The molecule has 0 bridgehead atoms. The molecule has 1 atom stereocenters. The van der Waals surface area contributed by atoms with Crippen molar-refractivity contribution in [2.75, 3.05) is 26.2 Å². The molecular formula is C23H26ClF2N3O5S. The van der Waals surface area contributed by atoms with Gasteiger partial charge in [0.25, 0.3) is 5.91 Å². The standard InChI is InChI=1S/C23H26ClF2N3O5S/c1-15-11-28(12-17-3-5-20(25)21(26)9-17)7-8-29(15)23(31)13-34-22-6-4-19(24)10-18(22)14-35(32,33)27-16(2)30/h3-6,9-10,15H,7-8,11-14H2,1-2H3,(H,27,30)/t15-/m1/s1. The molecule has 12 heteroatoms. The van der Waals surface area contributed by atoms with E-state index in [0.717, 1.165) is 13.0 Å². The van der Waals surface area contributed by atoms with Crippen LogP contribution in [0.4, 0.5) is 8.78 Å². The van der Waals surface area contributed by atoms with Crippen LogP contribution >= 0.6 is 11.6 Å². The molecule has 2 aromatic carbocycles. The van der Waals surface area contributed by atoms with Gasteiger partial charge in [0.05, 0.1) is 5.75 Å². The van der Waals surface area contributed by atoms with Crippen LogP contribution in [-0.4, -0.2) is 62.3 Å². The molecule has 2 amide bonds. The molecule has 35 heavy (non-hydrogen) atoms. The SMILES string of the molecule is CC(=O)NS(=O)(=O)Cc1cc(Cl)ccc1OCC(=O)N1CCN(Cc2ccc(F)c(F)c2)C[C@H]1C. The third-order valence-electron chi connectivity index (χ3n) is 5.44. The number of nitrogens with one attached hydrogen (secondary N) is 1. The smallest absolute Gasteiger partial charge is 0.260 e. The van der Waals surface area contributed by atoms with E-state index in [1.807, 2.05) is 16.5 Å². The lowest BCUT2D eigenvalue weighted by atomic mass is 10.1. The van der Waals surface area contributed by atoms with Crippen molar-refractivity contribution in [1.29, 1.82) is 0 Å². The maximum absolute atomic E-state index is 13.5. The average Bonchev–Trinajstić information content (AvgIpc) is 2.74. The third kappa shape index (κ3) is 7.61.